The fourth-order valence-electron chi connectivity index (χ4n) is 1.72. The van der Waals surface area contributed by atoms with Gasteiger partial charge in [0.1, 0.15) is 0 Å². The topological polar surface area (TPSA) is 55.1 Å². The van der Waals surface area contributed by atoms with Crippen LogP contribution in [-0.4, -0.2) is 16.9 Å². The Morgan fingerprint density at radius 1 is 1.47 bits per heavy atom. The SMILES string of the molecule is Cc1ccc(C(=O)NC(C)CC(N)=S)c(C)c1. The molecule has 0 saturated heterocycles. The molecule has 1 aromatic rings. The van der Waals surface area contributed by atoms with E-state index in [1.165, 1.54) is 0 Å². The van der Waals surface area contributed by atoms with E-state index >= 15 is 0 Å². The standard InChI is InChI=1S/C13H18N2OS/c1-8-4-5-11(9(2)6-8)13(16)15-10(3)7-12(14)17/h4-6,10H,7H2,1-3H3,(H2,14,17)(H,15,16). The number of benzene rings is 1. The minimum atomic E-state index is -0.0775. The number of amides is 1. The van der Waals surface area contributed by atoms with Crippen LogP contribution in [0.1, 0.15) is 34.8 Å². The second kappa shape index (κ2) is 5.77. The molecule has 0 heterocycles. The van der Waals surface area contributed by atoms with Crippen LogP contribution in [0.4, 0.5) is 0 Å². The van der Waals surface area contributed by atoms with Crippen molar-refractivity contribution in [3.63, 3.8) is 0 Å². The van der Waals surface area contributed by atoms with Crippen LogP contribution in [0, 0.1) is 13.8 Å². The largest absolute Gasteiger partial charge is 0.393 e. The summed E-state index contributed by atoms with van der Waals surface area (Å²) in [5.74, 6) is -0.0775. The molecule has 0 radical (unpaired) electrons. The summed E-state index contributed by atoms with van der Waals surface area (Å²) in [7, 11) is 0. The molecule has 1 unspecified atom stereocenters. The Morgan fingerprint density at radius 3 is 2.65 bits per heavy atom. The van der Waals surface area contributed by atoms with Crippen LogP contribution in [0.25, 0.3) is 0 Å². The number of hydrogen-bond acceptors (Lipinski definition) is 2. The first-order valence-electron chi connectivity index (χ1n) is 5.56. The van der Waals surface area contributed by atoms with Crippen molar-refractivity contribution in [2.45, 2.75) is 33.2 Å². The van der Waals surface area contributed by atoms with Crippen molar-refractivity contribution in [1.29, 1.82) is 0 Å². The summed E-state index contributed by atoms with van der Waals surface area (Å²) < 4.78 is 0. The molecule has 1 amide bonds. The lowest BCUT2D eigenvalue weighted by atomic mass is 10.0. The van der Waals surface area contributed by atoms with Gasteiger partial charge in [0.2, 0.25) is 0 Å². The maximum absolute atomic E-state index is 12.0. The number of rotatable bonds is 4. The third-order valence-electron chi connectivity index (χ3n) is 2.51. The van der Waals surface area contributed by atoms with Gasteiger partial charge in [0.25, 0.3) is 5.91 Å². The Balaban J connectivity index is 2.73. The highest BCUT2D eigenvalue weighted by atomic mass is 32.1. The van der Waals surface area contributed by atoms with Crippen molar-refractivity contribution in [1.82, 2.24) is 5.32 Å². The monoisotopic (exact) mass is 250 g/mol. The molecule has 3 N–H and O–H groups in total. The molecule has 0 saturated carbocycles. The molecular formula is C13H18N2OS. The molecule has 0 aliphatic carbocycles. The summed E-state index contributed by atoms with van der Waals surface area (Å²) >= 11 is 4.81. The average molecular weight is 250 g/mol. The summed E-state index contributed by atoms with van der Waals surface area (Å²) in [4.78, 5) is 12.4. The van der Waals surface area contributed by atoms with Gasteiger partial charge in [-0.05, 0) is 32.4 Å². The zero-order valence-electron chi connectivity index (χ0n) is 10.4. The Bertz CT molecular complexity index is 443. The molecule has 1 rings (SSSR count). The molecule has 3 nitrogen and oxygen atoms in total. The van der Waals surface area contributed by atoms with E-state index in [2.05, 4.69) is 5.32 Å². The molecule has 0 aromatic heterocycles. The molecular weight excluding hydrogens is 232 g/mol. The van der Waals surface area contributed by atoms with Crippen molar-refractivity contribution >= 4 is 23.1 Å². The van der Waals surface area contributed by atoms with Crippen LogP contribution in [0.5, 0.6) is 0 Å². The van der Waals surface area contributed by atoms with E-state index in [0.717, 1.165) is 11.1 Å². The molecule has 0 aliphatic heterocycles. The smallest absolute Gasteiger partial charge is 0.251 e. The Labute approximate surface area is 107 Å². The first-order chi connectivity index (χ1) is 7.90. The van der Waals surface area contributed by atoms with E-state index in [9.17, 15) is 4.79 Å². The lowest BCUT2D eigenvalue weighted by Gasteiger charge is -2.14. The second-order valence-electron chi connectivity index (χ2n) is 4.36. The minimum absolute atomic E-state index is 0.0410. The maximum atomic E-state index is 12.0. The normalized spacial score (nSPS) is 11.9. The van der Waals surface area contributed by atoms with Gasteiger partial charge in [0.15, 0.2) is 0 Å². The molecule has 0 fully saturated rings. The molecule has 0 aliphatic rings. The van der Waals surface area contributed by atoms with Gasteiger partial charge in [-0.2, -0.15) is 0 Å². The van der Waals surface area contributed by atoms with E-state index in [4.69, 9.17) is 18.0 Å². The fraction of sp³-hybridized carbons (Fsp3) is 0.385. The van der Waals surface area contributed by atoms with Crippen LogP contribution in [0.2, 0.25) is 0 Å². The van der Waals surface area contributed by atoms with E-state index < -0.39 is 0 Å². The summed E-state index contributed by atoms with van der Waals surface area (Å²) in [5, 5.41) is 2.88. The quantitative estimate of drug-likeness (QED) is 0.805. The van der Waals surface area contributed by atoms with Gasteiger partial charge >= 0.3 is 0 Å². The van der Waals surface area contributed by atoms with E-state index in [-0.39, 0.29) is 11.9 Å². The van der Waals surface area contributed by atoms with E-state index in [1.807, 2.05) is 39.0 Å². The van der Waals surface area contributed by atoms with Gasteiger partial charge in [-0.1, -0.05) is 29.9 Å². The minimum Gasteiger partial charge on any atom is -0.393 e. The maximum Gasteiger partial charge on any atom is 0.251 e. The number of nitrogens with two attached hydrogens (primary N) is 1. The van der Waals surface area contributed by atoms with E-state index in [0.29, 0.717) is 17.0 Å². The molecule has 92 valence electrons. The van der Waals surface area contributed by atoms with Crippen LogP contribution in [0.15, 0.2) is 18.2 Å². The van der Waals surface area contributed by atoms with Gasteiger partial charge in [0.05, 0.1) is 4.99 Å². The highest BCUT2D eigenvalue weighted by Crippen LogP contribution is 2.10. The predicted molar refractivity (Wildman–Crippen MR) is 74.2 cm³/mol. The van der Waals surface area contributed by atoms with Crippen molar-refractivity contribution in [2.24, 2.45) is 5.73 Å². The molecule has 1 aromatic carbocycles. The number of carbonyl (C=O) groups excluding carboxylic acids is 1. The first-order valence-corrected chi connectivity index (χ1v) is 5.97. The van der Waals surface area contributed by atoms with Gasteiger partial charge in [-0.15, -0.1) is 0 Å². The van der Waals surface area contributed by atoms with Gasteiger partial charge in [-0.3, -0.25) is 4.79 Å². The number of aryl methyl sites for hydroxylation is 2. The number of nitrogens with one attached hydrogen (secondary N) is 1. The van der Waals surface area contributed by atoms with Crippen molar-refractivity contribution in [3.05, 3.63) is 34.9 Å². The first kappa shape index (κ1) is 13.6. The highest BCUT2D eigenvalue weighted by Gasteiger charge is 2.12. The zero-order valence-corrected chi connectivity index (χ0v) is 11.2. The molecule has 1 atom stereocenters. The third kappa shape index (κ3) is 4.15. The fourth-order valence-corrected chi connectivity index (χ4v) is 1.97. The predicted octanol–water partition coefficient (Wildman–Crippen LogP) is 2.10. The van der Waals surface area contributed by atoms with Crippen molar-refractivity contribution < 1.29 is 4.79 Å². The zero-order chi connectivity index (χ0) is 13.0. The van der Waals surface area contributed by atoms with Crippen LogP contribution in [0.3, 0.4) is 0 Å². The summed E-state index contributed by atoms with van der Waals surface area (Å²) in [5.41, 5.74) is 8.26. The number of hydrogen-bond donors (Lipinski definition) is 2. The lowest BCUT2D eigenvalue weighted by Crippen LogP contribution is -2.35. The number of thiocarbonyl (C=S) groups is 1. The van der Waals surface area contributed by atoms with Crippen LogP contribution >= 0.6 is 12.2 Å². The molecule has 4 heteroatoms. The molecule has 0 bridgehead atoms. The van der Waals surface area contributed by atoms with Gasteiger partial charge in [-0.25, -0.2) is 0 Å². The molecule has 0 spiro atoms. The second-order valence-corrected chi connectivity index (χ2v) is 4.89. The average Bonchev–Trinajstić information content (AvgIpc) is 2.15. The Morgan fingerprint density at radius 2 is 2.12 bits per heavy atom. The summed E-state index contributed by atoms with van der Waals surface area (Å²) in [6.07, 6.45) is 0.520. The van der Waals surface area contributed by atoms with Gasteiger partial charge < -0.3 is 11.1 Å². The summed E-state index contributed by atoms with van der Waals surface area (Å²) in [6, 6.07) is 5.72. The lowest BCUT2D eigenvalue weighted by molar-refractivity contribution is 0.0940. The highest BCUT2D eigenvalue weighted by molar-refractivity contribution is 7.80. The van der Waals surface area contributed by atoms with Crippen molar-refractivity contribution in [3.8, 4) is 0 Å². The Kier molecular flexibility index (Phi) is 4.63. The van der Waals surface area contributed by atoms with E-state index in [1.54, 1.807) is 0 Å². The third-order valence-corrected chi connectivity index (χ3v) is 2.68. The van der Waals surface area contributed by atoms with Crippen molar-refractivity contribution in [2.75, 3.05) is 0 Å². The Hall–Kier alpha value is -1.42. The number of carbonyl (C=O) groups is 1. The van der Waals surface area contributed by atoms with Crippen LogP contribution < -0.4 is 11.1 Å². The van der Waals surface area contributed by atoms with Crippen LogP contribution in [-0.2, 0) is 0 Å². The van der Waals surface area contributed by atoms with Gasteiger partial charge in [0, 0.05) is 18.0 Å². The summed E-state index contributed by atoms with van der Waals surface area (Å²) in [6.45, 7) is 5.82. The molecule has 17 heavy (non-hydrogen) atoms.